The number of hydrogen-bond donors (Lipinski definition) is 2. The van der Waals surface area contributed by atoms with Crippen LogP contribution in [-0.4, -0.2) is 19.9 Å². The van der Waals surface area contributed by atoms with E-state index in [9.17, 15) is 8.42 Å². The second-order valence-electron chi connectivity index (χ2n) is 3.82. The maximum Gasteiger partial charge on any atom is 0.242 e. The van der Waals surface area contributed by atoms with Crippen molar-refractivity contribution in [2.75, 3.05) is 12.3 Å². The molecule has 0 amide bonds. The average Bonchev–Trinajstić information content (AvgIpc) is 2.85. The lowest BCUT2D eigenvalue weighted by Crippen LogP contribution is -2.26. The van der Waals surface area contributed by atoms with E-state index in [4.69, 9.17) is 17.3 Å². The Morgan fingerprint density at radius 1 is 1.42 bits per heavy atom. The number of benzene rings is 1. The van der Waals surface area contributed by atoms with Crippen LogP contribution in [0, 0.1) is 0 Å². The van der Waals surface area contributed by atoms with Crippen LogP contribution in [0.25, 0.3) is 0 Å². The highest BCUT2D eigenvalue weighted by Gasteiger charge is 2.17. The number of nitrogens with zero attached hydrogens (tertiary/aromatic N) is 1. The van der Waals surface area contributed by atoms with Crippen LogP contribution in [0.5, 0.6) is 0 Å². The highest BCUT2D eigenvalue weighted by Crippen LogP contribution is 2.23. The second-order valence-corrected chi connectivity index (χ2v) is 6.68. The summed E-state index contributed by atoms with van der Waals surface area (Å²) in [5.41, 5.74) is 8.48. The van der Waals surface area contributed by atoms with Crippen molar-refractivity contribution in [1.29, 1.82) is 0 Å². The van der Waals surface area contributed by atoms with Gasteiger partial charge in [0.25, 0.3) is 0 Å². The molecule has 1 aromatic heterocycles. The Bertz CT molecular complexity index is 657. The first-order chi connectivity index (χ1) is 8.99. The van der Waals surface area contributed by atoms with E-state index < -0.39 is 10.0 Å². The first-order valence-electron chi connectivity index (χ1n) is 5.41. The number of hydrogen-bond acceptors (Lipinski definition) is 5. The maximum absolute atomic E-state index is 12.1. The van der Waals surface area contributed by atoms with Crippen LogP contribution in [0.3, 0.4) is 0 Å². The van der Waals surface area contributed by atoms with Gasteiger partial charge in [0.1, 0.15) is 4.90 Å². The van der Waals surface area contributed by atoms with Gasteiger partial charge in [0, 0.05) is 24.0 Å². The molecule has 0 saturated heterocycles. The van der Waals surface area contributed by atoms with Crippen LogP contribution < -0.4 is 10.5 Å². The number of rotatable bonds is 5. The molecule has 0 aliphatic heterocycles. The largest absolute Gasteiger partial charge is 0.399 e. The number of nitrogens with one attached hydrogen (secondary N) is 1. The topological polar surface area (TPSA) is 85.1 Å². The van der Waals surface area contributed by atoms with Crippen LogP contribution >= 0.6 is 22.9 Å². The molecule has 0 atom stereocenters. The summed E-state index contributed by atoms with van der Waals surface area (Å²) in [5, 5.41) is 2.03. The minimum atomic E-state index is -3.65. The zero-order chi connectivity index (χ0) is 13.9. The molecule has 0 aliphatic carbocycles. The molecular formula is C11H12ClN3O2S2. The summed E-state index contributed by atoms with van der Waals surface area (Å²) in [5.74, 6) is 0. The van der Waals surface area contributed by atoms with E-state index in [1.54, 1.807) is 11.6 Å². The van der Waals surface area contributed by atoms with Gasteiger partial charge in [0.15, 0.2) is 0 Å². The van der Waals surface area contributed by atoms with Gasteiger partial charge in [0.05, 0.1) is 16.2 Å². The summed E-state index contributed by atoms with van der Waals surface area (Å²) in [6.45, 7) is 0.261. The number of halogens is 1. The summed E-state index contributed by atoms with van der Waals surface area (Å²) in [7, 11) is -3.65. The van der Waals surface area contributed by atoms with Gasteiger partial charge >= 0.3 is 0 Å². The second kappa shape index (κ2) is 5.87. The lowest BCUT2D eigenvalue weighted by Gasteiger charge is -2.08. The number of nitrogens with two attached hydrogens (primary N) is 1. The molecule has 19 heavy (non-hydrogen) atoms. The van der Waals surface area contributed by atoms with E-state index in [0.29, 0.717) is 12.1 Å². The van der Waals surface area contributed by atoms with E-state index in [1.807, 2.05) is 5.38 Å². The first-order valence-corrected chi connectivity index (χ1v) is 8.21. The summed E-state index contributed by atoms with van der Waals surface area (Å²) < 4.78 is 26.6. The quantitative estimate of drug-likeness (QED) is 0.825. The molecule has 5 nitrogen and oxygen atoms in total. The van der Waals surface area contributed by atoms with Crippen molar-refractivity contribution in [3.63, 3.8) is 0 Å². The Labute approximate surface area is 120 Å². The van der Waals surface area contributed by atoms with Crippen LogP contribution in [0.4, 0.5) is 5.69 Å². The van der Waals surface area contributed by atoms with Crippen molar-refractivity contribution < 1.29 is 8.42 Å². The van der Waals surface area contributed by atoms with Crippen LogP contribution in [0.2, 0.25) is 5.02 Å². The molecule has 1 aromatic carbocycles. The molecule has 102 valence electrons. The predicted octanol–water partition coefficient (Wildman–Crippen LogP) is 1.90. The fourth-order valence-electron chi connectivity index (χ4n) is 1.48. The summed E-state index contributed by atoms with van der Waals surface area (Å²) >= 11 is 7.35. The van der Waals surface area contributed by atoms with Crippen LogP contribution in [0.1, 0.15) is 5.69 Å². The average molecular weight is 318 g/mol. The third-order valence-electron chi connectivity index (χ3n) is 2.40. The normalized spacial score (nSPS) is 11.6. The summed E-state index contributed by atoms with van der Waals surface area (Å²) in [6.07, 6.45) is 0.530. The standard InChI is InChI=1S/C11H12ClN3O2S2/c12-10-2-1-8(13)5-11(10)19(16,17)15-4-3-9-6-18-7-14-9/h1-2,5-7,15H,3-4,13H2. The monoisotopic (exact) mass is 317 g/mol. The molecule has 3 N–H and O–H groups in total. The van der Waals surface area contributed by atoms with Crippen molar-refractivity contribution in [2.24, 2.45) is 0 Å². The molecule has 2 rings (SSSR count). The highest BCUT2D eigenvalue weighted by atomic mass is 35.5. The van der Waals surface area contributed by atoms with Crippen LogP contribution in [0.15, 0.2) is 34.0 Å². The number of aromatic nitrogens is 1. The SMILES string of the molecule is Nc1ccc(Cl)c(S(=O)(=O)NCCc2cscn2)c1. The molecule has 0 saturated carbocycles. The van der Waals surface area contributed by atoms with Gasteiger partial charge in [-0.05, 0) is 18.2 Å². The first kappa shape index (κ1) is 14.3. The van der Waals surface area contributed by atoms with E-state index in [1.165, 1.54) is 23.5 Å². The Balaban J connectivity index is 2.07. The molecule has 1 heterocycles. The van der Waals surface area contributed by atoms with E-state index in [2.05, 4.69) is 9.71 Å². The minimum absolute atomic E-state index is 0.00700. The third kappa shape index (κ3) is 3.66. The number of nitrogen functional groups attached to an aromatic ring is 1. The van der Waals surface area contributed by atoms with E-state index in [0.717, 1.165) is 5.69 Å². The molecule has 0 bridgehead atoms. The number of sulfonamides is 1. The van der Waals surface area contributed by atoms with Gasteiger partial charge in [-0.3, -0.25) is 0 Å². The van der Waals surface area contributed by atoms with Crippen molar-refractivity contribution in [2.45, 2.75) is 11.3 Å². The predicted molar refractivity (Wildman–Crippen MR) is 76.9 cm³/mol. The third-order valence-corrected chi connectivity index (χ3v) is 4.98. The van der Waals surface area contributed by atoms with Gasteiger partial charge < -0.3 is 5.73 Å². The minimum Gasteiger partial charge on any atom is -0.399 e. The van der Waals surface area contributed by atoms with E-state index >= 15 is 0 Å². The van der Waals surface area contributed by atoms with Crippen molar-refractivity contribution in [3.8, 4) is 0 Å². The van der Waals surface area contributed by atoms with Crippen LogP contribution in [-0.2, 0) is 16.4 Å². The van der Waals surface area contributed by atoms with Gasteiger partial charge in [-0.1, -0.05) is 11.6 Å². The Morgan fingerprint density at radius 3 is 2.89 bits per heavy atom. The van der Waals surface area contributed by atoms with Gasteiger partial charge in [-0.2, -0.15) is 0 Å². The zero-order valence-corrected chi connectivity index (χ0v) is 12.2. The molecule has 0 aliphatic rings. The van der Waals surface area contributed by atoms with Gasteiger partial charge in [-0.25, -0.2) is 18.1 Å². The smallest absolute Gasteiger partial charge is 0.242 e. The summed E-state index contributed by atoms with van der Waals surface area (Å²) in [6, 6.07) is 4.36. The molecule has 0 unspecified atom stereocenters. The zero-order valence-electron chi connectivity index (χ0n) is 9.84. The number of anilines is 1. The van der Waals surface area contributed by atoms with Gasteiger partial charge in [-0.15, -0.1) is 11.3 Å². The lowest BCUT2D eigenvalue weighted by atomic mass is 10.3. The molecule has 2 aromatic rings. The van der Waals surface area contributed by atoms with Gasteiger partial charge in [0.2, 0.25) is 10.0 Å². The maximum atomic E-state index is 12.1. The Kier molecular flexibility index (Phi) is 4.41. The molecule has 8 heteroatoms. The van der Waals surface area contributed by atoms with Crippen molar-refractivity contribution in [3.05, 3.63) is 39.8 Å². The van der Waals surface area contributed by atoms with E-state index in [-0.39, 0.29) is 16.5 Å². The molecular weight excluding hydrogens is 306 g/mol. The molecule has 0 radical (unpaired) electrons. The summed E-state index contributed by atoms with van der Waals surface area (Å²) in [4.78, 5) is 4.07. The fraction of sp³-hybridized carbons (Fsp3) is 0.182. The van der Waals surface area contributed by atoms with Crippen molar-refractivity contribution in [1.82, 2.24) is 9.71 Å². The molecule has 0 fully saturated rings. The molecule has 0 spiro atoms. The Hall–Kier alpha value is -1.15. The fourth-order valence-corrected chi connectivity index (χ4v) is 3.64. The lowest BCUT2D eigenvalue weighted by molar-refractivity contribution is 0.581. The number of thiazole rings is 1. The Morgan fingerprint density at radius 2 is 2.21 bits per heavy atom. The highest BCUT2D eigenvalue weighted by molar-refractivity contribution is 7.89. The van der Waals surface area contributed by atoms with Crippen molar-refractivity contribution >= 4 is 38.6 Å².